The molecule has 1 fully saturated rings. The molecule has 2 heterocycles. The Morgan fingerprint density at radius 2 is 1.96 bits per heavy atom. The largest absolute Gasteiger partial charge is 0.340 e. The molecule has 0 unspecified atom stereocenters. The summed E-state index contributed by atoms with van der Waals surface area (Å²) in [6.45, 7) is 3.95. The number of nitrogens with zero attached hydrogens (tertiary/aromatic N) is 2. The van der Waals surface area contributed by atoms with Gasteiger partial charge in [-0.15, -0.1) is 12.4 Å². The van der Waals surface area contributed by atoms with Crippen LogP contribution in [0.1, 0.15) is 11.1 Å². The lowest BCUT2D eigenvalue weighted by Crippen LogP contribution is -2.48. The van der Waals surface area contributed by atoms with E-state index >= 15 is 0 Å². The number of amides is 1. The predicted molar refractivity (Wildman–Crippen MR) is 98.5 cm³/mol. The quantitative estimate of drug-likeness (QED) is 0.793. The number of hydrogen-bond donors (Lipinski definition) is 0. The Hall–Kier alpha value is -1.14. The summed E-state index contributed by atoms with van der Waals surface area (Å²) in [5, 5.41) is 4.54. The molecule has 2 aromatic rings. The normalized spacial score (nSPS) is 15.2. The number of piperazine rings is 1. The van der Waals surface area contributed by atoms with Crippen LogP contribution in [0.25, 0.3) is 0 Å². The Morgan fingerprint density at radius 1 is 1.21 bits per heavy atom. The number of carbonyl (C=O) groups excluding carboxylic acids is 1. The van der Waals surface area contributed by atoms with Crippen LogP contribution in [-0.4, -0.2) is 41.9 Å². The Kier molecular flexibility index (Phi) is 7.04. The van der Waals surface area contributed by atoms with Crippen LogP contribution in [0.4, 0.5) is 4.39 Å². The maximum atomic E-state index is 13.8. The summed E-state index contributed by atoms with van der Waals surface area (Å²) < 4.78 is 13.8. The lowest BCUT2D eigenvalue weighted by Gasteiger charge is -2.34. The molecule has 0 aliphatic carbocycles. The smallest absolute Gasteiger partial charge is 0.227 e. The second-order valence-electron chi connectivity index (χ2n) is 5.67. The summed E-state index contributed by atoms with van der Waals surface area (Å²) in [6.07, 6.45) is 0.0238. The Morgan fingerprint density at radius 3 is 2.58 bits per heavy atom. The summed E-state index contributed by atoms with van der Waals surface area (Å²) in [5.41, 5.74) is 1.60. The molecular formula is C17H19Cl2FN2OS. The van der Waals surface area contributed by atoms with E-state index in [1.807, 2.05) is 0 Å². The van der Waals surface area contributed by atoms with E-state index in [4.69, 9.17) is 11.6 Å². The van der Waals surface area contributed by atoms with Gasteiger partial charge >= 0.3 is 0 Å². The van der Waals surface area contributed by atoms with Crippen molar-refractivity contribution in [3.63, 3.8) is 0 Å². The van der Waals surface area contributed by atoms with Crippen LogP contribution in [0.3, 0.4) is 0 Å². The van der Waals surface area contributed by atoms with Gasteiger partial charge in [-0.2, -0.15) is 11.3 Å². The molecule has 24 heavy (non-hydrogen) atoms. The summed E-state index contributed by atoms with van der Waals surface area (Å²) in [5.74, 6) is -0.478. The topological polar surface area (TPSA) is 23.6 Å². The first-order valence-electron chi connectivity index (χ1n) is 7.57. The highest BCUT2D eigenvalue weighted by Gasteiger charge is 2.22. The molecule has 1 aromatic carbocycles. The summed E-state index contributed by atoms with van der Waals surface area (Å²) in [4.78, 5) is 16.5. The molecule has 1 aliphatic heterocycles. The molecule has 1 amide bonds. The zero-order valence-electron chi connectivity index (χ0n) is 13.1. The van der Waals surface area contributed by atoms with Gasteiger partial charge in [-0.05, 0) is 34.5 Å². The van der Waals surface area contributed by atoms with Crippen LogP contribution in [0, 0.1) is 5.82 Å². The average Bonchev–Trinajstić information content (AvgIpc) is 3.04. The van der Waals surface area contributed by atoms with E-state index in [-0.39, 0.29) is 24.7 Å². The molecule has 7 heteroatoms. The molecule has 3 rings (SSSR count). The van der Waals surface area contributed by atoms with Crippen LogP contribution in [0.2, 0.25) is 5.02 Å². The van der Waals surface area contributed by atoms with Crippen molar-refractivity contribution in [3.05, 3.63) is 57.0 Å². The summed E-state index contributed by atoms with van der Waals surface area (Å²) >= 11 is 7.70. The first kappa shape index (κ1) is 19.2. The van der Waals surface area contributed by atoms with Gasteiger partial charge in [0, 0.05) is 43.3 Å². The third kappa shape index (κ3) is 4.70. The Labute approximate surface area is 156 Å². The fourth-order valence-electron chi connectivity index (χ4n) is 2.76. The lowest BCUT2D eigenvalue weighted by molar-refractivity contribution is -0.132. The molecular weight excluding hydrogens is 370 g/mol. The number of benzene rings is 1. The predicted octanol–water partition coefficient (Wildman–Crippen LogP) is 3.85. The third-order valence-corrected chi connectivity index (χ3v) is 5.19. The van der Waals surface area contributed by atoms with Crippen LogP contribution in [-0.2, 0) is 17.8 Å². The lowest BCUT2D eigenvalue weighted by atomic mass is 10.1. The van der Waals surface area contributed by atoms with Crippen molar-refractivity contribution in [2.75, 3.05) is 26.2 Å². The van der Waals surface area contributed by atoms with E-state index in [1.165, 1.54) is 11.6 Å². The number of rotatable bonds is 4. The number of hydrogen-bond acceptors (Lipinski definition) is 3. The molecule has 130 valence electrons. The van der Waals surface area contributed by atoms with Gasteiger partial charge in [0.1, 0.15) is 5.82 Å². The van der Waals surface area contributed by atoms with E-state index in [0.29, 0.717) is 23.7 Å². The van der Waals surface area contributed by atoms with Crippen molar-refractivity contribution < 1.29 is 9.18 Å². The molecule has 1 aliphatic rings. The van der Waals surface area contributed by atoms with E-state index in [9.17, 15) is 9.18 Å². The minimum Gasteiger partial charge on any atom is -0.340 e. The Balaban J connectivity index is 0.00000208. The van der Waals surface area contributed by atoms with Crippen molar-refractivity contribution in [2.24, 2.45) is 0 Å². The van der Waals surface area contributed by atoms with Crippen molar-refractivity contribution in [1.29, 1.82) is 0 Å². The van der Waals surface area contributed by atoms with Gasteiger partial charge in [-0.25, -0.2) is 4.39 Å². The van der Waals surface area contributed by atoms with Gasteiger partial charge in [0.05, 0.1) is 6.42 Å². The van der Waals surface area contributed by atoms with Crippen LogP contribution in [0.15, 0.2) is 35.0 Å². The van der Waals surface area contributed by atoms with Gasteiger partial charge in [-0.3, -0.25) is 9.69 Å². The SMILES string of the molecule is Cl.O=C(Cc1c(F)cccc1Cl)N1CCN(Cc2ccsc2)CC1. The third-order valence-electron chi connectivity index (χ3n) is 4.10. The fourth-order valence-corrected chi connectivity index (χ4v) is 3.65. The van der Waals surface area contributed by atoms with Crippen molar-refractivity contribution in [2.45, 2.75) is 13.0 Å². The molecule has 0 radical (unpaired) electrons. The number of thiophene rings is 1. The van der Waals surface area contributed by atoms with Crippen molar-refractivity contribution >= 4 is 41.3 Å². The van der Waals surface area contributed by atoms with Gasteiger partial charge in [-0.1, -0.05) is 17.7 Å². The van der Waals surface area contributed by atoms with E-state index in [1.54, 1.807) is 28.4 Å². The molecule has 0 spiro atoms. The van der Waals surface area contributed by atoms with Crippen molar-refractivity contribution in [3.8, 4) is 0 Å². The second kappa shape index (κ2) is 8.81. The molecule has 1 aromatic heterocycles. The molecule has 0 atom stereocenters. The van der Waals surface area contributed by atoms with Gasteiger partial charge < -0.3 is 4.90 Å². The first-order valence-corrected chi connectivity index (χ1v) is 8.89. The zero-order chi connectivity index (χ0) is 16.2. The highest BCUT2D eigenvalue weighted by molar-refractivity contribution is 7.07. The summed E-state index contributed by atoms with van der Waals surface area (Å²) in [6, 6.07) is 6.64. The minimum atomic E-state index is -0.415. The highest BCUT2D eigenvalue weighted by atomic mass is 35.5. The number of carbonyl (C=O) groups is 1. The molecule has 3 nitrogen and oxygen atoms in total. The Bertz CT molecular complexity index is 653. The van der Waals surface area contributed by atoms with E-state index < -0.39 is 5.82 Å². The van der Waals surface area contributed by atoms with Crippen molar-refractivity contribution in [1.82, 2.24) is 9.80 Å². The maximum Gasteiger partial charge on any atom is 0.227 e. The zero-order valence-corrected chi connectivity index (χ0v) is 15.5. The molecule has 0 bridgehead atoms. The van der Waals surface area contributed by atoms with E-state index in [0.717, 1.165) is 19.6 Å². The highest BCUT2D eigenvalue weighted by Crippen LogP contribution is 2.20. The van der Waals surface area contributed by atoms with Gasteiger partial charge in [0.25, 0.3) is 0 Å². The molecule has 0 saturated carbocycles. The van der Waals surface area contributed by atoms with Crippen LogP contribution >= 0.6 is 35.3 Å². The fraction of sp³-hybridized carbons (Fsp3) is 0.353. The molecule has 0 N–H and O–H groups in total. The summed E-state index contributed by atoms with van der Waals surface area (Å²) in [7, 11) is 0. The van der Waals surface area contributed by atoms with Gasteiger partial charge in [0.2, 0.25) is 5.91 Å². The standard InChI is InChI=1S/C17H18ClFN2OS.ClH/c18-15-2-1-3-16(19)14(15)10-17(22)21-7-5-20(6-8-21)11-13-4-9-23-12-13;/h1-4,9,12H,5-8,10-11H2;1H. The molecule has 1 saturated heterocycles. The number of halogens is 3. The first-order chi connectivity index (χ1) is 11.1. The maximum absolute atomic E-state index is 13.8. The average molecular weight is 389 g/mol. The van der Waals surface area contributed by atoms with Gasteiger partial charge in [0.15, 0.2) is 0 Å². The van der Waals surface area contributed by atoms with Crippen LogP contribution in [0.5, 0.6) is 0 Å². The van der Waals surface area contributed by atoms with Crippen LogP contribution < -0.4 is 0 Å². The minimum absolute atomic E-state index is 0. The monoisotopic (exact) mass is 388 g/mol. The van der Waals surface area contributed by atoms with E-state index in [2.05, 4.69) is 21.7 Å². The second-order valence-corrected chi connectivity index (χ2v) is 6.85.